The first-order valence-corrected chi connectivity index (χ1v) is 9.62. The largest absolute Gasteiger partial charge is 0.332 e. The van der Waals surface area contributed by atoms with Crippen molar-refractivity contribution in [2.45, 2.75) is 0 Å². The first kappa shape index (κ1) is 20.8. The second kappa shape index (κ2) is 9.52. The van der Waals surface area contributed by atoms with Crippen molar-refractivity contribution in [3.05, 3.63) is 94.0 Å². The fourth-order valence-corrected chi connectivity index (χ4v) is 3.14. The highest BCUT2D eigenvalue weighted by molar-refractivity contribution is 7.80. The maximum atomic E-state index is 12.3. The average Bonchev–Trinajstić information content (AvgIpc) is 2.70. The Bertz CT molecular complexity index is 1060. The minimum absolute atomic E-state index is 0.113. The zero-order valence-electron chi connectivity index (χ0n) is 14.9. The van der Waals surface area contributed by atoms with E-state index in [4.69, 9.17) is 35.4 Å². The van der Waals surface area contributed by atoms with Gasteiger partial charge in [0, 0.05) is 22.0 Å². The van der Waals surface area contributed by atoms with Gasteiger partial charge in [0.05, 0.1) is 10.6 Å². The highest BCUT2D eigenvalue weighted by atomic mass is 35.5. The van der Waals surface area contributed by atoms with Gasteiger partial charge in [-0.1, -0.05) is 41.4 Å². The van der Waals surface area contributed by atoms with Crippen molar-refractivity contribution in [1.29, 1.82) is 0 Å². The fourth-order valence-electron chi connectivity index (χ4n) is 2.44. The molecular weight excluding hydrogens is 429 g/mol. The molecule has 0 aromatic heterocycles. The van der Waals surface area contributed by atoms with Gasteiger partial charge < -0.3 is 10.6 Å². The van der Waals surface area contributed by atoms with Crippen LogP contribution in [-0.4, -0.2) is 16.9 Å². The minimum Gasteiger partial charge on any atom is -0.332 e. The van der Waals surface area contributed by atoms with Crippen molar-refractivity contribution < 1.29 is 9.59 Å². The van der Waals surface area contributed by atoms with Gasteiger partial charge in [0.15, 0.2) is 5.11 Å². The number of carbonyl (C=O) groups excluding carboxylic acids is 2. The molecule has 3 rings (SSSR count). The van der Waals surface area contributed by atoms with E-state index in [2.05, 4.69) is 16.0 Å². The second-order valence-electron chi connectivity index (χ2n) is 5.93. The Morgan fingerprint density at radius 3 is 2.00 bits per heavy atom. The second-order valence-corrected chi connectivity index (χ2v) is 7.18. The van der Waals surface area contributed by atoms with E-state index in [1.54, 1.807) is 54.6 Å². The minimum atomic E-state index is -0.448. The lowest BCUT2D eigenvalue weighted by Crippen LogP contribution is -2.34. The van der Waals surface area contributed by atoms with Crippen molar-refractivity contribution in [3.63, 3.8) is 0 Å². The lowest BCUT2D eigenvalue weighted by molar-refractivity contribution is 0.0976. The van der Waals surface area contributed by atoms with Crippen LogP contribution in [0.4, 0.5) is 11.4 Å². The summed E-state index contributed by atoms with van der Waals surface area (Å²) in [4.78, 5) is 24.4. The van der Waals surface area contributed by atoms with Crippen molar-refractivity contribution >= 4 is 63.7 Å². The van der Waals surface area contributed by atoms with Gasteiger partial charge in [0.25, 0.3) is 11.8 Å². The van der Waals surface area contributed by atoms with E-state index >= 15 is 0 Å². The summed E-state index contributed by atoms with van der Waals surface area (Å²) in [6.45, 7) is 0. The van der Waals surface area contributed by atoms with E-state index in [-0.39, 0.29) is 21.6 Å². The van der Waals surface area contributed by atoms with Crippen LogP contribution in [0.5, 0.6) is 0 Å². The summed E-state index contributed by atoms with van der Waals surface area (Å²) in [5.74, 6) is -0.648. The quantitative estimate of drug-likeness (QED) is 0.473. The molecule has 8 heteroatoms. The molecule has 0 aliphatic rings. The number of halogens is 2. The van der Waals surface area contributed by atoms with Crippen LogP contribution in [0.25, 0.3) is 0 Å². The number of benzene rings is 3. The van der Waals surface area contributed by atoms with Gasteiger partial charge in [-0.25, -0.2) is 0 Å². The smallest absolute Gasteiger partial charge is 0.258 e. The van der Waals surface area contributed by atoms with E-state index in [1.165, 1.54) is 12.1 Å². The van der Waals surface area contributed by atoms with Gasteiger partial charge in [-0.15, -0.1) is 0 Å². The SMILES string of the molecule is O=C(Nc1ccc(NC(=S)NC(=O)c2ccc(Cl)cc2Cl)cc1)c1ccccc1. The molecule has 0 aliphatic carbocycles. The molecule has 3 N–H and O–H groups in total. The topological polar surface area (TPSA) is 70.2 Å². The fraction of sp³-hybridized carbons (Fsp3) is 0. The van der Waals surface area contributed by atoms with Gasteiger partial charge >= 0.3 is 0 Å². The van der Waals surface area contributed by atoms with Crippen molar-refractivity contribution in [2.75, 3.05) is 10.6 Å². The van der Waals surface area contributed by atoms with Gasteiger partial charge in [-0.2, -0.15) is 0 Å². The molecule has 0 bridgehead atoms. The van der Waals surface area contributed by atoms with Crippen LogP contribution in [0.1, 0.15) is 20.7 Å². The summed E-state index contributed by atoms with van der Waals surface area (Å²) in [5.41, 5.74) is 2.11. The predicted octanol–water partition coefficient (Wildman–Crippen LogP) is 5.37. The van der Waals surface area contributed by atoms with Gasteiger partial charge in [0.2, 0.25) is 0 Å². The van der Waals surface area contributed by atoms with E-state index < -0.39 is 5.91 Å². The van der Waals surface area contributed by atoms with Crippen LogP contribution in [0.2, 0.25) is 10.0 Å². The van der Waals surface area contributed by atoms with Crippen LogP contribution < -0.4 is 16.0 Å². The van der Waals surface area contributed by atoms with Gasteiger partial charge in [0.1, 0.15) is 0 Å². The number of carbonyl (C=O) groups is 2. The van der Waals surface area contributed by atoms with E-state index in [9.17, 15) is 9.59 Å². The monoisotopic (exact) mass is 443 g/mol. The summed E-state index contributed by atoms with van der Waals surface area (Å²) >= 11 is 17.0. The molecule has 146 valence electrons. The zero-order valence-corrected chi connectivity index (χ0v) is 17.2. The van der Waals surface area contributed by atoms with E-state index in [0.717, 1.165) is 0 Å². The first-order chi connectivity index (χ1) is 13.9. The third-order valence-electron chi connectivity index (χ3n) is 3.84. The first-order valence-electron chi connectivity index (χ1n) is 8.46. The van der Waals surface area contributed by atoms with Crippen molar-refractivity contribution in [3.8, 4) is 0 Å². The summed E-state index contributed by atoms with van der Waals surface area (Å²) in [6, 6.07) is 20.4. The molecule has 29 heavy (non-hydrogen) atoms. The van der Waals surface area contributed by atoms with Gasteiger partial charge in [-0.3, -0.25) is 14.9 Å². The number of nitrogens with one attached hydrogen (secondary N) is 3. The maximum absolute atomic E-state index is 12.3. The third kappa shape index (κ3) is 5.77. The molecule has 2 amide bonds. The number of thiocarbonyl (C=S) groups is 1. The molecule has 0 heterocycles. The maximum Gasteiger partial charge on any atom is 0.258 e. The Labute approximate surface area is 183 Å². The molecule has 0 spiro atoms. The normalized spacial score (nSPS) is 10.1. The molecule has 0 saturated carbocycles. The highest BCUT2D eigenvalue weighted by Crippen LogP contribution is 2.21. The highest BCUT2D eigenvalue weighted by Gasteiger charge is 2.12. The molecule has 0 saturated heterocycles. The van der Waals surface area contributed by atoms with Crippen molar-refractivity contribution in [1.82, 2.24) is 5.32 Å². The zero-order chi connectivity index (χ0) is 20.8. The standard InChI is InChI=1S/C21H15Cl2N3O2S/c22-14-6-11-17(18(23)12-14)20(28)26-21(29)25-16-9-7-15(8-10-16)24-19(27)13-4-2-1-3-5-13/h1-12H,(H,24,27)(H2,25,26,28,29). The predicted molar refractivity (Wildman–Crippen MR) is 121 cm³/mol. The number of hydrogen-bond acceptors (Lipinski definition) is 3. The lowest BCUT2D eigenvalue weighted by Gasteiger charge is -2.11. The van der Waals surface area contributed by atoms with E-state index in [0.29, 0.717) is 22.0 Å². The molecule has 0 fully saturated rings. The number of anilines is 2. The van der Waals surface area contributed by atoms with Crippen LogP contribution in [0.15, 0.2) is 72.8 Å². The number of rotatable bonds is 4. The molecule has 3 aromatic rings. The summed E-state index contributed by atoms with van der Waals surface area (Å²) in [7, 11) is 0. The Morgan fingerprint density at radius 1 is 0.759 bits per heavy atom. The Morgan fingerprint density at radius 2 is 1.38 bits per heavy atom. The Kier molecular flexibility index (Phi) is 6.82. The molecular formula is C21H15Cl2N3O2S. The average molecular weight is 444 g/mol. The van der Waals surface area contributed by atoms with Crippen LogP contribution in [0, 0.1) is 0 Å². The summed E-state index contributed by atoms with van der Waals surface area (Å²) in [5, 5.41) is 9.05. The van der Waals surface area contributed by atoms with E-state index in [1.807, 2.05) is 6.07 Å². The Hall–Kier alpha value is -2.93. The van der Waals surface area contributed by atoms with Gasteiger partial charge in [-0.05, 0) is 66.8 Å². The van der Waals surface area contributed by atoms with Crippen LogP contribution >= 0.6 is 35.4 Å². The molecule has 0 atom stereocenters. The van der Waals surface area contributed by atoms with Crippen LogP contribution in [0.3, 0.4) is 0 Å². The molecule has 0 unspecified atom stereocenters. The summed E-state index contributed by atoms with van der Waals surface area (Å²) in [6.07, 6.45) is 0. The number of hydrogen-bond donors (Lipinski definition) is 3. The molecule has 3 aromatic carbocycles. The molecule has 5 nitrogen and oxygen atoms in total. The molecule has 0 radical (unpaired) electrons. The third-order valence-corrected chi connectivity index (χ3v) is 4.59. The Balaban J connectivity index is 1.57. The summed E-state index contributed by atoms with van der Waals surface area (Å²) < 4.78 is 0. The van der Waals surface area contributed by atoms with Crippen LogP contribution in [-0.2, 0) is 0 Å². The number of amides is 2. The lowest BCUT2D eigenvalue weighted by atomic mass is 10.2. The van der Waals surface area contributed by atoms with Crippen molar-refractivity contribution in [2.24, 2.45) is 0 Å². The molecule has 0 aliphatic heterocycles.